The summed E-state index contributed by atoms with van der Waals surface area (Å²) < 4.78 is 1.90. The van der Waals surface area contributed by atoms with Crippen LogP contribution in [-0.4, -0.2) is 38.2 Å². The molecule has 9 heteroatoms. The van der Waals surface area contributed by atoms with E-state index in [0.717, 1.165) is 16.3 Å². The van der Waals surface area contributed by atoms with Crippen molar-refractivity contribution in [1.82, 2.24) is 25.3 Å². The van der Waals surface area contributed by atoms with E-state index in [0.29, 0.717) is 17.1 Å². The third kappa shape index (κ3) is 3.87. The number of rotatable bonds is 7. The highest BCUT2D eigenvalue weighted by Gasteiger charge is 2.52. The predicted molar refractivity (Wildman–Crippen MR) is 121 cm³/mol. The number of carbonyl (C=O) groups excluding carboxylic acids is 3. The molecule has 1 aromatic heterocycles. The van der Waals surface area contributed by atoms with Gasteiger partial charge < -0.3 is 9.88 Å². The maximum atomic E-state index is 13.1. The average molecular weight is 450 g/mol. The average Bonchev–Trinajstić information content (AvgIpc) is 3.31. The molecule has 32 heavy (non-hydrogen) atoms. The largest absolute Gasteiger partial charge is 0.344 e. The molecule has 4 rings (SSSR count). The molecule has 0 radical (unpaired) electrons. The smallest absolute Gasteiger partial charge is 0.322 e. The van der Waals surface area contributed by atoms with E-state index < -0.39 is 23.4 Å². The lowest BCUT2D eigenvalue weighted by Gasteiger charge is -2.25. The van der Waals surface area contributed by atoms with Gasteiger partial charge in [-0.25, -0.2) is 9.78 Å². The Morgan fingerprint density at radius 1 is 1.09 bits per heavy atom. The highest BCUT2D eigenvalue weighted by Crippen LogP contribution is 2.31. The van der Waals surface area contributed by atoms with Crippen LogP contribution in [0.25, 0.3) is 11.3 Å². The number of imide groups is 1. The molecular weight excluding hydrogens is 426 g/mol. The monoisotopic (exact) mass is 449 g/mol. The van der Waals surface area contributed by atoms with Crippen molar-refractivity contribution < 1.29 is 14.4 Å². The van der Waals surface area contributed by atoms with E-state index in [2.05, 4.69) is 15.7 Å². The Kier molecular flexibility index (Phi) is 6.00. The van der Waals surface area contributed by atoms with Crippen molar-refractivity contribution in [2.75, 3.05) is 5.75 Å². The third-order valence-corrected chi connectivity index (χ3v) is 6.52. The van der Waals surface area contributed by atoms with E-state index in [1.807, 2.05) is 54.9 Å². The molecule has 0 bridgehead atoms. The summed E-state index contributed by atoms with van der Waals surface area (Å²) in [4.78, 5) is 42.5. The Bertz CT molecular complexity index is 1150. The molecule has 0 unspecified atom stereocenters. The van der Waals surface area contributed by atoms with Crippen LogP contribution in [0.15, 0.2) is 72.0 Å². The molecule has 4 amide bonds. The van der Waals surface area contributed by atoms with Crippen LogP contribution in [0, 0.1) is 0 Å². The molecular formula is C23H23N5O3S. The van der Waals surface area contributed by atoms with Gasteiger partial charge in [-0.2, -0.15) is 5.01 Å². The van der Waals surface area contributed by atoms with Crippen molar-refractivity contribution in [1.29, 1.82) is 0 Å². The Morgan fingerprint density at radius 3 is 2.41 bits per heavy atom. The number of carbonyl (C=O) groups is 3. The van der Waals surface area contributed by atoms with Crippen molar-refractivity contribution in [2.45, 2.75) is 24.0 Å². The van der Waals surface area contributed by atoms with Crippen LogP contribution < -0.4 is 10.7 Å². The zero-order valence-electron chi connectivity index (χ0n) is 17.7. The van der Waals surface area contributed by atoms with Crippen molar-refractivity contribution in [3.63, 3.8) is 0 Å². The molecule has 0 spiro atoms. The van der Waals surface area contributed by atoms with Crippen LogP contribution in [0.5, 0.6) is 0 Å². The van der Waals surface area contributed by atoms with Crippen molar-refractivity contribution in [3.8, 4) is 11.3 Å². The third-order valence-electron chi connectivity index (χ3n) is 5.47. The van der Waals surface area contributed by atoms with Crippen molar-refractivity contribution in [2.24, 2.45) is 7.05 Å². The number of thioether (sulfide) groups is 1. The second kappa shape index (κ2) is 8.88. The van der Waals surface area contributed by atoms with Gasteiger partial charge in [-0.3, -0.25) is 15.0 Å². The maximum absolute atomic E-state index is 13.1. The molecule has 2 N–H and O–H groups in total. The number of amides is 4. The lowest BCUT2D eigenvalue weighted by molar-refractivity contribution is -0.138. The zero-order valence-corrected chi connectivity index (χ0v) is 18.6. The summed E-state index contributed by atoms with van der Waals surface area (Å²) in [7, 11) is 1.88. The van der Waals surface area contributed by atoms with Gasteiger partial charge >= 0.3 is 6.03 Å². The van der Waals surface area contributed by atoms with Gasteiger partial charge in [0.25, 0.3) is 5.91 Å². The molecule has 1 aliphatic rings. The van der Waals surface area contributed by atoms with E-state index in [-0.39, 0.29) is 5.75 Å². The summed E-state index contributed by atoms with van der Waals surface area (Å²) in [6, 6.07) is 18.2. The number of hydrogen-bond donors (Lipinski definition) is 2. The number of benzene rings is 2. The van der Waals surface area contributed by atoms with Gasteiger partial charge in [0.1, 0.15) is 5.54 Å². The summed E-state index contributed by atoms with van der Waals surface area (Å²) in [5.41, 5.74) is 3.88. The first kappa shape index (κ1) is 21.6. The minimum absolute atomic E-state index is 0.000600. The SMILES string of the molecule is CC[C@]1(c2ccccc2)NC(=O)N(NC(=O)CSc2ncc(-c3ccccc3)n2C)C1=O. The quantitative estimate of drug-likeness (QED) is 0.427. The Morgan fingerprint density at radius 2 is 1.75 bits per heavy atom. The van der Waals surface area contributed by atoms with Gasteiger partial charge in [0.05, 0.1) is 17.6 Å². The maximum Gasteiger partial charge on any atom is 0.344 e. The van der Waals surface area contributed by atoms with Crippen LogP contribution in [0.4, 0.5) is 4.79 Å². The van der Waals surface area contributed by atoms with Crippen molar-refractivity contribution >= 4 is 29.6 Å². The minimum atomic E-state index is -1.19. The number of nitrogens with one attached hydrogen (secondary N) is 2. The van der Waals surface area contributed by atoms with Crippen LogP contribution in [-0.2, 0) is 22.2 Å². The number of nitrogens with zero attached hydrogens (tertiary/aromatic N) is 3. The second-order valence-electron chi connectivity index (χ2n) is 7.37. The molecule has 2 heterocycles. The first-order valence-corrected chi connectivity index (χ1v) is 11.2. The topological polar surface area (TPSA) is 96.3 Å². The van der Waals surface area contributed by atoms with Crippen LogP contribution in [0.1, 0.15) is 18.9 Å². The summed E-state index contributed by atoms with van der Waals surface area (Å²) in [5.74, 6) is -0.971. The number of urea groups is 1. The van der Waals surface area contributed by atoms with E-state index in [1.54, 1.807) is 30.5 Å². The van der Waals surface area contributed by atoms with Crippen LogP contribution in [0.2, 0.25) is 0 Å². The molecule has 2 aromatic carbocycles. The molecule has 0 aliphatic carbocycles. The van der Waals surface area contributed by atoms with E-state index in [1.165, 1.54) is 11.8 Å². The summed E-state index contributed by atoms with van der Waals surface area (Å²) in [6.45, 7) is 1.82. The molecule has 8 nitrogen and oxygen atoms in total. The molecule has 0 saturated carbocycles. The number of aromatic nitrogens is 2. The summed E-state index contributed by atoms with van der Waals surface area (Å²) in [6.07, 6.45) is 2.11. The lowest BCUT2D eigenvalue weighted by Crippen LogP contribution is -2.49. The normalized spacial score (nSPS) is 18.0. The second-order valence-corrected chi connectivity index (χ2v) is 8.31. The molecule has 164 valence electrons. The van der Waals surface area contributed by atoms with Gasteiger partial charge in [0, 0.05) is 7.05 Å². The van der Waals surface area contributed by atoms with Crippen LogP contribution >= 0.6 is 11.8 Å². The predicted octanol–water partition coefficient (Wildman–Crippen LogP) is 3.07. The molecule has 1 atom stereocenters. The number of imidazole rings is 1. The highest BCUT2D eigenvalue weighted by molar-refractivity contribution is 7.99. The molecule has 1 fully saturated rings. The fourth-order valence-corrected chi connectivity index (χ4v) is 4.47. The number of hydrazine groups is 1. The first-order valence-electron chi connectivity index (χ1n) is 10.2. The molecule has 1 aliphatic heterocycles. The van der Waals surface area contributed by atoms with E-state index in [4.69, 9.17) is 0 Å². The first-order chi connectivity index (χ1) is 15.5. The molecule has 1 saturated heterocycles. The van der Waals surface area contributed by atoms with Gasteiger partial charge in [-0.1, -0.05) is 79.3 Å². The fourth-order valence-electron chi connectivity index (χ4n) is 3.73. The Labute approximate surface area is 190 Å². The van der Waals surface area contributed by atoms with E-state index in [9.17, 15) is 14.4 Å². The van der Waals surface area contributed by atoms with Gasteiger partial charge in [0.15, 0.2) is 5.16 Å². The van der Waals surface area contributed by atoms with E-state index >= 15 is 0 Å². The minimum Gasteiger partial charge on any atom is -0.322 e. The standard InChI is InChI=1S/C23H23N5O3S/c1-3-23(17-12-8-5-9-13-17)20(30)28(21(31)25-23)26-19(29)15-32-22-24-14-18(27(22)2)16-10-6-4-7-11-16/h4-14H,3,15H2,1-2H3,(H,25,31)(H,26,29)/t23-/m1/s1. The Hall–Kier alpha value is -3.59. The lowest BCUT2D eigenvalue weighted by atomic mass is 9.87. The van der Waals surface area contributed by atoms with Gasteiger partial charge in [0.2, 0.25) is 5.91 Å². The van der Waals surface area contributed by atoms with Crippen LogP contribution in [0.3, 0.4) is 0 Å². The summed E-state index contributed by atoms with van der Waals surface area (Å²) in [5, 5.41) is 4.17. The summed E-state index contributed by atoms with van der Waals surface area (Å²) >= 11 is 1.23. The highest BCUT2D eigenvalue weighted by atomic mass is 32.2. The van der Waals surface area contributed by atoms with Gasteiger partial charge in [-0.05, 0) is 17.5 Å². The fraction of sp³-hybridized carbons (Fsp3) is 0.217. The number of hydrogen-bond acceptors (Lipinski definition) is 5. The molecule has 3 aromatic rings. The zero-order chi connectivity index (χ0) is 22.7. The Balaban J connectivity index is 1.42. The van der Waals surface area contributed by atoms with Crippen molar-refractivity contribution in [3.05, 3.63) is 72.4 Å². The van der Waals surface area contributed by atoms with Gasteiger partial charge in [-0.15, -0.1) is 0 Å².